The molecule has 0 saturated carbocycles. The topological polar surface area (TPSA) is 0 Å². The van der Waals surface area contributed by atoms with Gasteiger partial charge in [0.1, 0.15) is 5.54 Å². The summed E-state index contributed by atoms with van der Waals surface area (Å²) in [5.41, 5.74) is 4.27. The first kappa shape index (κ1) is 11.8. The number of nitrogens with zero attached hydrogens (tertiary/aromatic N) is 1. The van der Waals surface area contributed by atoms with E-state index in [4.69, 9.17) is 0 Å². The Morgan fingerprint density at radius 2 is 2.12 bits per heavy atom. The molecule has 0 N–H and O–H groups in total. The maximum Gasteiger partial charge on any atom is 0.118 e. The van der Waals surface area contributed by atoms with Gasteiger partial charge in [-0.2, -0.15) is 0 Å². The Hall–Kier alpha value is -0.300. The van der Waals surface area contributed by atoms with Crippen molar-refractivity contribution in [3.05, 3.63) is 11.1 Å². The first-order chi connectivity index (χ1) is 8.09. The molecule has 96 valence electrons. The molecule has 2 aliphatic heterocycles. The van der Waals surface area contributed by atoms with Crippen LogP contribution in [0.15, 0.2) is 11.1 Å². The van der Waals surface area contributed by atoms with Crippen LogP contribution in [0.5, 0.6) is 0 Å². The lowest BCUT2D eigenvalue weighted by Gasteiger charge is -2.48. The Morgan fingerprint density at radius 3 is 2.88 bits per heavy atom. The molecule has 1 saturated heterocycles. The van der Waals surface area contributed by atoms with Crippen molar-refractivity contribution in [1.82, 2.24) is 0 Å². The quantitative estimate of drug-likeness (QED) is 0.502. The van der Waals surface area contributed by atoms with Gasteiger partial charge >= 0.3 is 0 Å². The number of rotatable bonds is 2. The molecule has 0 aromatic carbocycles. The summed E-state index contributed by atoms with van der Waals surface area (Å²) in [6.07, 6.45) is 9.97. The van der Waals surface area contributed by atoms with Crippen LogP contribution in [0.3, 0.4) is 0 Å². The van der Waals surface area contributed by atoms with Gasteiger partial charge in [0.05, 0.1) is 20.1 Å². The highest BCUT2D eigenvalue weighted by atomic mass is 15.4. The van der Waals surface area contributed by atoms with Gasteiger partial charge in [-0.1, -0.05) is 18.9 Å². The molecule has 0 aromatic rings. The van der Waals surface area contributed by atoms with Crippen molar-refractivity contribution in [1.29, 1.82) is 0 Å². The second kappa shape index (κ2) is 3.85. The summed E-state index contributed by atoms with van der Waals surface area (Å²) in [6, 6.07) is 0. The molecule has 0 amide bonds. The number of fused-ring (bicyclic) bond motifs is 2. The lowest BCUT2D eigenvalue weighted by atomic mass is 9.79. The van der Waals surface area contributed by atoms with Crippen LogP contribution in [-0.4, -0.2) is 30.2 Å². The first-order valence-electron chi connectivity index (χ1n) is 7.65. The van der Waals surface area contributed by atoms with Gasteiger partial charge in [0.25, 0.3) is 0 Å². The molecule has 0 spiro atoms. The summed E-state index contributed by atoms with van der Waals surface area (Å²) < 4.78 is 1.36. The van der Waals surface area contributed by atoms with Crippen molar-refractivity contribution in [2.45, 2.75) is 64.3 Å². The lowest BCUT2D eigenvalue weighted by Crippen LogP contribution is -2.59. The molecule has 3 atom stereocenters. The van der Waals surface area contributed by atoms with Gasteiger partial charge in [-0.3, -0.25) is 0 Å². The third-order valence-corrected chi connectivity index (χ3v) is 6.13. The van der Waals surface area contributed by atoms with E-state index >= 15 is 0 Å². The second-order valence-electron chi connectivity index (χ2n) is 7.12. The van der Waals surface area contributed by atoms with E-state index in [1.54, 1.807) is 0 Å². The zero-order valence-corrected chi connectivity index (χ0v) is 11.9. The molecular formula is C16H28N+. The fraction of sp³-hybridized carbons (Fsp3) is 0.875. The Morgan fingerprint density at radius 1 is 1.29 bits per heavy atom. The average molecular weight is 234 g/mol. The molecule has 0 radical (unpaired) electrons. The average Bonchev–Trinajstić information content (AvgIpc) is 2.82. The zero-order chi connectivity index (χ0) is 12.1. The van der Waals surface area contributed by atoms with E-state index < -0.39 is 0 Å². The van der Waals surface area contributed by atoms with E-state index in [1.807, 2.05) is 11.1 Å². The van der Waals surface area contributed by atoms with E-state index in [-0.39, 0.29) is 0 Å². The van der Waals surface area contributed by atoms with Crippen molar-refractivity contribution in [3.8, 4) is 0 Å². The lowest BCUT2D eigenvalue weighted by molar-refractivity contribution is -0.941. The van der Waals surface area contributed by atoms with Crippen molar-refractivity contribution in [2.75, 3.05) is 20.1 Å². The fourth-order valence-electron chi connectivity index (χ4n) is 5.12. The maximum absolute atomic E-state index is 2.59. The van der Waals surface area contributed by atoms with Crippen LogP contribution in [0.4, 0.5) is 0 Å². The molecule has 2 heterocycles. The largest absolute Gasteiger partial charge is 0.317 e. The summed E-state index contributed by atoms with van der Waals surface area (Å²) in [6.45, 7) is 7.79. The number of quaternary nitrogens is 1. The Kier molecular flexibility index (Phi) is 2.66. The van der Waals surface area contributed by atoms with Crippen LogP contribution >= 0.6 is 0 Å². The molecule has 3 aliphatic rings. The van der Waals surface area contributed by atoms with Gasteiger partial charge in [0, 0.05) is 18.8 Å². The van der Waals surface area contributed by atoms with Gasteiger partial charge in [-0.15, -0.1) is 0 Å². The van der Waals surface area contributed by atoms with Crippen LogP contribution < -0.4 is 0 Å². The van der Waals surface area contributed by atoms with E-state index in [0.717, 1.165) is 5.92 Å². The van der Waals surface area contributed by atoms with Gasteiger partial charge < -0.3 is 4.48 Å². The minimum absolute atomic E-state index is 0.518. The van der Waals surface area contributed by atoms with Crippen LogP contribution in [-0.2, 0) is 0 Å². The molecular weight excluding hydrogens is 206 g/mol. The predicted octanol–water partition coefficient (Wildman–Crippen LogP) is 3.90. The molecule has 0 unspecified atom stereocenters. The predicted molar refractivity (Wildman–Crippen MR) is 72.8 cm³/mol. The van der Waals surface area contributed by atoms with Gasteiger partial charge in [-0.05, 0) is 38.2 Å². The summed E-state index contributed by atoms with van der Waals surface area (Å²) in [4.78, 5) is 0. The minimum Gasteiger partial charge on any atom is -0.317 e. The van der Waals surface area contributed by atoms with Crippen molar-refractivity contribution in [2.24, 2.45) is 5.92 Å². The summed E-state index contributed by atoms with van der Waals surface area (Å²) in [7, 11) is 2.54. The smallest absolute Gasteiger partial charge is 0.118 e. The van der Waals surface area contributed by atoms with Crippen molar-refractivity contribution in [3.63, 3.8) is 0 Å². The molecule has 0 aromatic heterocycles. The third-order valence-electron chi connectivity index (χ3n) is 6.13. The molecule has 3 rings (SSSR count). The van der Waals surface area contributed by atoms with Crippen LogP contribution in [0.2, 0.25) is 0 Å². The van der Waals surface area contributed by atoms with Gasteiger partial charge in [0.15, 0.2) is 0 Å². The summed E-state index contributed by atoms with van der Waals surface area (Å²) in [5, 5.41) is 0. The maximum atomic E-state index is 2.59. The molecule has 0 bridgehead atoms. The number of hydrogen-bond donors (Lipinski definition) is 0. The van der Waals surface area contributed by atoms with Crippen molar-refractivity contribution < 1.29 is 4.48 Å². The fourth-order valence-corrected chi connectivity index (χ4v) is 5.12. The highest BCUT2D eigenvalue weighted by Gasteiger charge is 2.57. The highest BCUT2D eigenvalue weighted by Crippen LogP contribution is 2.53. The monoisotopic (exact) mass is 234 g/mol. The standard InChI is InChI=1S/C16H28N/c1-4-6-13-11-16(2)15-8-5-7-14(15)9-10-17(16,3)12-13/h13H,4-12H2,1-3H3/q+1/t13-,16+,17-/m1/s1. The third kappa shape index (κ3) is 1.54. The highest BCUT2D eigenvalue weighted by molar-refractivity contribution is 5.31. The second-order valence-corrected chi connectivity index (χ2v) is 7.12. The van der Waals surface area contributed by atoms with E-state index in [1.165, 1.54) is 62.5 Å². The number of hydrogen-bond acceptors (Lipinski definition) is 0. The minimum atomic E-state index is 0.518. The molecule has 1 heteroatoms. The molecule has 17 heavy (non-hydrogen) atoms. The zero-order valence-electron chi connectivity index (χ0n) is 11.9. The number of likely N-dealkylation sites (N-methyl/N-ethyl adjacent to an activating group) is 1. The van der Waals surface area contributed by atoms with E-state index in [9.17, 15) is 0 Å². The normalized spacial score (nSPS) is 45.0. The van der Waals surface area contributed by atoms with Crippen molar-refractivity contribution >= 4 is 0 Å². The van der Waals surface area contributed by atoms with E-state index in [0.29, 0.717) is 5.54 Å². The first-order valence-corrected chi connectivity index (χ1v) is 7.65. The molecule has 1 aliphatic carbocycles. The molecule has 1 nitrogen and oxygen atoms in total. The Bertz CT molecular complexity index is 357. The summed E-state index contributed by atoms with van der Waals surface area (Å²) >= 11 is 0. The molecule has 1 fully saturated rings. The van der Waals surface area contributed by atoms with Gasteiger partial charge in [-0.25, -0.2) is 0 Å². The van der Waals surface area contributed by atoms with Gasteiger partial charge in [0.2, 0.25) is 0 Å². The Balaban J connectivity index is 1.94. The van der Waals surface area contributed by atoms with E-state index in [2.05, 4.69) is 20.9 Å². The summed E-state index contributed by atoms with van der Waals surface area (Å²) in [5.74, 6) is 0.988. The SMILES string of the molecule is CCC[C@@H]1C[C@@]2(C)C3=C(CCC3)CC[N@+]2(C)C1. The Labute approximate surface area is 106 Å². The van der Waals surface area contributed by atoms with Crippen LogP contribution in [0, 0.1) is 5.92 Å². The van der Waals surface area contributed by atoms with Crippen LogP contribution in [0.1, 0.15) is 58.8 Å². The van der Waals surface area contributed by atoms with Crippen LogP contribution in [0.25, 0.3) is 0 Å².